The van der Waals surface area contributed by atoms with E-state index >= 15 is 0 Å². The van der Waals surface area contributed by atoms with Crippen LogP contribution in [0.15, 0.2) is 53.6 Å². The highest BCUT2D eigenvalue weighted by Crippen LogP contribution is 2.39. The van der Waals surface area contributed by atoms with Gasteiger partial charge in [-0.3, -0.25) is 9.36 Å². The summed E-state index contributed by atoms with van der Waals surface area (Å²) in [6.07, 6.45) is 4.83. The van der Waals surface area contributed by atoms with Crippen molar-refractivity contribution < 1.29 is 13.9 Å². The summed E-state index contributed by atoms with van der Waals surface area (Å²) in [5, 5.41) is 23.6. The number of rotatable bonds is 8. The average Bonchev–Trinajstić information content (AvgIpc) is 2.79. The second kappa shape index (κ2) is 9.11. The summed E-state index contributed by atoms with van der Waals surface area (Å²) in [5.41, 5.74) is -0.371. The molecule has 0 bridgehead atoms. The Hall–Kier alpha value is -3.59. The third-order valence-corrected chi connectivity index (χ3v) is 5.97. The van der Waals surface area contributed by atoms with E-state index in [9.17, 15) is 18.7 Å². The van der Waals surface area contributed by atoms with Crippen molar-refractivity contribution in [2.75, 3.05) is 17.2 Å². The third kappa shape index (κ3) is 4.49. The van der Waals surface area contributed by atoms with Crippen LogP contribution in [0.4, 0.5) is 20.3 Å². The second-order valence-electron chi connectivity index (χ2n) is 8.51. The summed E-state index contributed by atoms with van der Waals surface area (Å²) in [6, 6.07) is 9.21. The third-order valence-electron chi connectivity index (χ3n) is 5.97. The molecule has 33 heavy (non-hydrogen) atoms. The van der Waals surface area contributed by atoms with Gasteiger partial charge in [-0.25, -0.2) is 13.8 Å². The molecular weight excluding hydrogens is 428 g/mol. The van der Waals surface area contributed by atoms with Gasteiger partial charge in [0.2, 0.25) is 0 Å². The van der Waals surface area contributed by atoms with Gasteiger partial charge in [-0.2, -0.15) is 0 Å². The van der Waals surface area contributed by atoms with Crippen molar-refractivity contribution in [1.82, 2.24) is 9.55 Å². The standard InChI is InChI=1S/C24H25F2N5O2/c1-15-9-24(10-15,14-32)30-22-8-21(19(26)13-29-22)31-7-6-20(17(11-27)23(31)33)28-12-16-4-2-3-5-18(16)25/h2-8,11,13,15,27-28,32H,9-10,12,14H2,1H3,(H,29,30). The number of pyridine rings is 2. The van der Waals surface area contributed by atoms with E-state index in [1.807, 2.05) is 0 Å². The number of aliphatic hydroxyl groups is 1. The van der Waals surface area contributed by atoms with Crippen LogP contribution in [-0.4, -0.2) is 33.0 Å². The van der Waals surface area contributed by atoms with E-state index in [0.717, 1.165) is 29.8 Å². The van der Waals surface area contributed by atoms with Crippen molar-refractivity contribution in [3.05, 3.63) is 81.9 Å². The topological polar surface area (TPSA) is 103 Å². The lowest BCUT2D eigenvalue weighted by Gasteiger charge is -2.46. The number of aromatic nitrogens is 2. The molecule has 0 unspecified atom stereocenters. The Bertz CT molecular complexity index is 1240. The molecule has 4 N–H and O–H groups in total. The molecule has 0 spiro atoms. The Morgan fingerprint density at radius 2 is 2.03 bits per heavy atom. The van der Waals surface area contributed by atoms with Crippen LogP contribution in [0.5, 0.6) is 0 Å². The van der Waals surface area contributed by atoms with Crippen molar-refractivity contribution >= 4 is 17.7 Å². The second-order valence-corrected chi connectivity index (χ2v) is 8.51. The van der Waals surface area contributed by atoms with E-state index in [1.54, 1.807) is 24.3 Å². The zero-order chi connectivity index (χ0) is 23.6. The highest BCUT2D eigenvalue weighted by Gasteiger charge is 2.41. The van der Waals surface area contributed by atoms with Crippen molar-refractivity contribution in [3.63, 3.8) is 0 Å². The van der Waals surface area contributed by atoms with Crippen LogP contribution in [0.3, 0.4) is 0 Å². The van der Waals surface area contributed by atoms with Crippen LogP contribution in [-0.2, 0) is 6.54 Å². The average molecular weight is 453 g/mol. The minimum absolute atomic E-state index is 0.0132. The maximum absolute atomic E-state index is 14.6. The van der Waals surface area contributed by atoms with E-state index in [2.05, 4.69) is 22.5 Å². The molecule has 0 radical (unpaired) electrons. The molecule has 3 aromatic rings. The van der Waals surface area contributed by atoms with Crippen molar-refractivity contribution in [1.29, 1.82) is 5.41 Å². The maximum atomic E-state index is 14.6. The molecule has 9 heteroatoms. The number of anilines is 2. The molecule has 7 nitrogen and oxygen atoms in total. The SMILES string of the molecule is CC1CC(CO)(Nc2cc(-n3ccc(NCc4ccccc4F)c(C=N)c3=O)c(F)cn2)C1. The van der Waals surface area contributed by atoms with Gasteiger partial charge in [-0.15, -0.1) is 0 Å². The Balaban J connectivity index is 1.63. The fourth-order valence-corrected chi connectivity index (χ4v) is 4.36. The van der Waals surface area contributed by atoms with Crippen molar-refractivity contribution in [2.45, 2.75) is 31.8 Å². The van der Waals surface area contributed by atoms with Gasteiger partial charge in [-0.05, 0) is 30.9 Å². The Labute approximate surface area is 189 Å². The largest absolute Gasteiger partial charge is 0.394 e. The summed E-state index contributed by atoms with van der Waals surface area (Å²) in [6.45, 7) is 2.13. The lowest BCUT2D eigenvalue weighted by molar-refractivity contribution is 0.0989. The minimum Gasteiger partial charge on any atom is -0.394 e. The van der Waals surface area contributed by atoms with Gasteiger partial charge in [0.1, 0.15) is 11.6 Å². The summed E-state index contributed by atoms with van der Waals surface area (Å²) in [5.74, 6) is -0.273. The van der Waals surface area contributed by atoms with Crippen LogP contribution in [0.25, 0.3) is 5.69 Å². The molecule has 1 aromatic carbocycles. The minimum atomic E-state index is -0.703. The summed E-state index contributed by atoms with van der Waals surface area (Å²) in [7, 11) is 0. The lowest BCUT2D eigenvalue weighted by Crippen LogP contribution is -2.52. The molecular formula is C24H25F2N5O2. The quantitative estimate of drug-likeness (QED) is 0.390. The molecule has 1 saturated carbocycles. The van der Waals surface area contributed by atoms with Gasteiger partial charge < -0.3 is 21.1 Å². The van der Waals surface area contributed by atoms with Crippen LogP contribution in [0, 0.1) is 23.0 Å². The fraction of sp³-hybridized carbons (Fsp3) is 0.292. The monoisotopic (exact) mass is 453 g/mol. The van der Waals surface area contributed by atoms with Crippen molar-refractivity contribution in [2.24, 2.45) is 5.92 Å². The number of hydrogen-bond donors (Lipinski definition) is 4. The molecule has 0 aliphatic heterocycles. The first-order valence-corrected chi connectivity index (χ1v) is 10.6. The zero-order valence-electron chi connectivity index (χ0n) is 18.1. The molecule has 1 fully saturated rings. The van der Waals surface area contributed by atoms with Gasteiger partial charge >= 0.3 is 0 Å². The highest BCUT2D eigenvalue weighted by atomic mass is 19.1. The van der Waals surface area contributed by atoms with E-state index < -0.39 is 16.9 Å². The molecule has 4 rings (SSSR count). The van der Waals surface area contributed by atoms with Gasteiger partial charge in [0.15, 0.2) is 5.82 Å². The Morgan fingerprint density at radius 1 is 1.27 bits per heavy atom. The first-order chi connectivity index (χ1) is 15.9. The molecule has 0 saturated heterocycles. The van der Waals surface area contributed by atoms with Gasteiger partial charge in [0.05, 0.1) is 35.3 Å². The molecule has 172 valence electrons. The first-order valence-electron chi connectivity index (χ1n) is 10.6. The molecule has 1 aliphatic rings. The molecule has 0 atom stereocenters. The Morgan fingerprint density at radius 3 is 2.70 bits per heavy atom. The van der Waals surface area contributed by atoms with Crippen LogP contribution < -0.4 is 16.2 Å². The van der Waals surface area contributed by atoms with E-state index in [1.165, 1.54) is 18.3 Å². The predicted molar refractivity (Wildman–Crippen MR) is 123 cm³/mol. The van der Waals surface area contributed by atoms with Gasteiger partial charge in [0, 0.05) is 30.6 Å². The number of aliphatic hydroxyl groups excluding tert-OH is 1. The normalized spacial score (nSPS) is 19.6. The van der Waals surface area contributed by atoms with Crippen LogP contribution in [0.1, 0.15) is 30.9 Å². The number of nitrogens with zero attached hydrogens (tertiary/aromatic N) is 2. The zero-order valence-corrected chi connectivity index (χ0v) is 18.1. The van der Waals surface area contributed by atoms with Gasteiger partial charge in [0.25, 0.3) is 5.56 Å². The van der Waals surface area contributed by atoms with E-state index in [4.69, 9.17) is 5.41 Å². The highest BCUT2D eigenvalue weighted by molar-refractivity contribution is 5.85. The van der Waals surface area contributed by atoms with E-state index in [-0.39, 0.29) is 30.2 Å². The predicted octanol–water partition coefficient (Wildman–Crippen LogP) is 3.69. The van der Waals surface area contributed by atoms with E-state index in [0.29, 0.717) is 23.0 Å². The fourth-order valence-electron chi connectivity index (χ4n) is 4.36. The summed E-state index contributed by atoms with van der Waals surface area (Å²) >= 11 is 0. The number of hydrogen-bond acceptors (Lipinski definition) is 6. The first kappa shape index (κ1) is 22.6. The van der Waals surface area contributed by atoms with Crippen LogP contribution in [0.2, 0.25) is 0 Å². The molecule has 1 aliphatic carbocycles. The smallest absolute Gasteiger partial charge is 0.266 e. The number of nitrogens with one attached hydrogen (secondary N) is 3. The Kier molecular flexibility index (Phi) is 6.24. The molecule has 0 amide bonds. The summed E-state index contributed by atoms with van der Waals surface area (Å²) in [4.78, 5) is 17.1. The number of halogens is 2. The van der Waals surface area contributed by atoms with Crippen LogP contribution >= 0.6 is 0 Å². The molecule has 2 aromatic heterocycles. The van der Waals surface area contributed by atoms with Crippen molar-refractivity contribution in [3.8, 4) is 5.69 Å². The lowest BCUT2D eigenvalue weighted by atomic mass is 9.69. The maximum Gasteiger partial charge on any atom is 0.266 e. The summed E-state index contributed by atoms with van der Waals surface area (Å²) < 4.78 is 29.6. The molecule has 2 heterocycles. The number of benzene rings is 1. The van der Waals surface area contributed by atoms with Gasteiger partial charge in [-0.1, -0.05) is 25.1 Å².